The van der Waals surface area contributed by atoms with Crippen LogP contribution in [0.25, 0.3) is 100 Å². The SMILES string of the molecule is CC(C)c1ccccc1-c1ccc(N(c2ccc3c(c2)-c2ccccc2C3(C)C)c2ccc3c(c2)C(C)(C)c2ccccc2-3)cc1.CC1(C)c2ccccc2-c2ccc(N(c3ccc(-c4ccccc4C4CCCCC4)cc3)c3ccc4c(c3)C(C)(C)c3ccccc3-4)cc21.CC1(C)c2ccccc2-c2ccc(N(c3ccccc3-c3ccc(C45CC6CC(CC(C6)C4)C5)cc3)c3cccc4c3C(C)(C)c3ccccc3-4)cc21. The van der Waals surface area contributed by atoms with Crippen LogP contribution in [0.15, 0.2) is 400 Å². The lowest BCUT2D eigenvalue weighted by Crippen LogP contribution is -2.48. The third-order valence-electron chi connectivity index (χ3n) is 37.4. The van der Waals surface area contributed by atoms with Crippen molar-refractivity contribution in [2.45, 2.75) is 217 Å². The van der Waals surface area contributed by atoms with Gasteiger partial charge in [0, 0.05) is 77.9 Å². The fourth-order valence-electron chi connectivity index (χ4n) is 30.2. The fraction of sp³-hybridized carbons (Fsp3) is 0.255. The molecule has 29 rings (SSSR count). The second kappa shape index (κ2) is 35.3. The molecule has 0 amide bonds. The van der Waals surface area contributed by atoms with Gasteiger partial charge in [-0.05, 0) is 361 Å². The van der Waals surface area contributed by atoms with Gasteiger partial charge in [-0.15, -0.1) is 0 Å². The molecule has 0 atom stereocenters. The van der Waals surface area contributed by atoms with Crippen LogP contribution in [0.3, 0.4) is 0 Å². The summed E-state index contributed by atoms with van der Waals surface area (Å²) < 4.78 is 0. The van der Waals surface area contributed by atoms with E-state index in [1.54, 1.807) is 5.56 Å². The van der Waals surface area contributed by atoms with Crippen molar-refractivity contribution in [3.8, 4) is 100 Å². The zero-order chi connectivity index (χ0) is 101. The minimum absolute atomic E-state index is 0.0237. The first kappa shape index (κ1) is 93.2. The zero-order valence-corrected chi connectivity index (χ0v) is 88.6. The molecule has 18 aromatic carbocycles. The van der Waals surface area contributed by atoms with Crippen molar-refractivity contribution >= 4 is 51.2 Å². The average molecular weight is 1920 g/mol. The van der Waals surface area contributed by atoms with Gasteiger partial charge in [0.15, 0.2) is 0 Å². The normalized spacial score (nSPS) is 19.0. The van der Waals surface area contributed by atoms with E-state index in [4.69, 9.17) is 0 Å². The summed E-state index contributed by atoms with van der Waals surface area (Å²) in [5.74, 6) is 3.97. The highest BCUT2D eigenvalue weighted by Crippen LogP contribution is 2.64. The molecule has 0 heterocycles. The van der Waals surface area contributed by atoms with Crippen LogP contribution in [0, 0.1) is 17.8 Å². The Morgan fingerprint density at radius 3 is 0.953 bits per heavy atom. The van der Waals surface area contributed by atoms with Gasteiger partial charge in [0.1, 0.15) is 0 Å². The summed E-state index contributed by atoms with van der Waals surface area (Å²) in [6.45, 7) is 33.1. The lowest BCUT2D eigenvalue weighted by molar-refractivity contribution is -0.00518. The summed E-state index contributed by atoms with van der Waals surface area (Å²) in [6, 6.07) is 152. The molecule has 0 unspecified atom stereocenters. The van der Waals surface area contributed by atoms with Gasteiger partial charge < -0.3 is 14.7 Å². The van der Waals surface area contributed by atoms with Gasteiger partial charge in [0.25, 0.3) is 0 Å². The maximum atomic E-state index is 2.59. The molecule has 4 bridgehead atoms. The summed E-state index contributed by atoms with van der Waals surface area (Å²) in [5, 5.41) is 0. The summed E-state index contributed by atoms with van der Waals surface area (Å²) in [7, 11) is 0. The van der Waals surface area contributed by atoms with E-state index in [0.29, 0.717) is 17.3 Å². The second-order valence-corrected chi connectivity index (χ2v) is 48.4. The lowest BCUT2D eigenvalue weighted by atomic mass is 9.48. The number of fused-ring (bicyclic) bond motifs is 18. The topological polar surface area (TPSA) is 9.72 Å². The van der Waals surface area contributed by atoms with Crippen LogP contribution < -0.4 is 14.7 Å². The molecule has 5 saturated carbocycles. The first-order chi connectivity index (χ1) is 71.7. The van der Waals surface area contributed by atoms with Crippen LogP contribution in [-0.4, -0.2) is 0 Å². The molecule has 5 fully saturated rings. The van der Waals surface area contributed by atoms with Crippen molar-refractivity contribution in [1.82, 2.24) is 0 Å². The molecule has 11 aliphatic carbocycles. The minimum Gasteiger partial charge on any atom is -0.310 e. The molecule has 0 aromatic heterocycles. The van der Waals surface area contributed by atoms with Crippen LogP contribution in [0.5, 0.6) is 0 Å². The molecule has 0 radical (unpaired) electrons. The Kier molecular flexibility index (Phi) is 22.2. The first-order valence-electron chi connectivity index (χ1n) is 55.1. The van der Waals surface area contributed by atoms with Crippen molar-refractivity contribution in [3.63, 3.8) is 0 Å². The third-order valence-corrected chi connectivity index (χ3v) is 37.4. The van der Waals surface area contributed by atoms with E-state index in [1.807, 2.05) is 0 Å². The van der Waals surface area contributed by atoms with E-state index in [1.165, 1.54) is 294 Å². The van der Waals surface area contributed by atoms with E-state index < -0.39 is 0 Å². The number of rotatable bonds is 15. The zero-order valence-electron chi connectivity index (χ0n) is 88.6. The Morgan fingerprint density at radius 1 is 0.216 bits per heavy atom. The molecule has 3 nitrogen and oxygen atoms in total. The Bertz CT molecular complexity index is 8180. The van der Waals surface area contributed by atoms with Crippen LogP contribution in [0.2, 0.25) is 0 Å². The molecule has 0 saturated heterocycles. The number of para-hydroxylation sites is 1. The van der Waals surface area contributed by atoms with Gasteiger partial charge in [-0.25, -0.2) is 0 Å². The maximum absolute atomic E-state index is 2.59. The number of nitrogens with zero attached hydrogens (tertiary/aromatic N) is 3. The molecule has 0 aliphatic heterocycles. The molecule has 730 valence electrons. The van der Waals surface area contributed by atoms with Crippen molar-refractivity contribution in [1.29, 1.82) is 0 Å². The maximum Gasteiger partial charge on any atom is 0.0540 e. The van der Waals surface area contributed by atoms with Crippen molar-refractivity contribution < 1.29 is 0 Å². The van der Waals surface area contributed by atoms with E-state index in [9.17, 15) is 0 Å². The van der Waals surface area contributed by atoms with E-state index in [0.717, 1.165) is 23.4 Å². The van der Waals surface area contributed by atoms with Crippen LogP contribution >= 0.6 is 0 Å². The number of anilines is 9. The summed E-state index contributed by atoms with van der Waals surface area (Å²) in [5.41, 5.74) is 56.0. The molecular formula is C145H135N3. The van der Waals surface area contributed by atoms with Crippen LogP contribution in [-0.2, 0) is 37.9 Å². The quantitative estimate of drug-likeness (QED) is 0.101. The largest absolute Gasteiger partial charge is 0.310 e. The highest BCUT2D eigenvalue weighted by atomic mass is 15.2. The van der Waals surface area contributed by atoms with Gasteiger partial charge in [-0.3, -0.25) is 0 Å². The second-order valence-electron chi connectivity index (χ2n) is 48.4. The molecule has 11 aliphatic rings. The van der Waals surface area contributed by atoms with Gasteiger partial charge in [-0.1, -0.05) is 420 Å². The number of hydrogen-bond acceptors (Lipinski definition) is 3. The molecule has 18 aromatic rings. The Morgan fingerprint density at radius 2 is 0.514 bits per heavy atom. The number of hydrogen-bond donors (Lipinski definition) is 0. The van der Waals surface area contributed by atoms with Gasteiger partial charge in [-0.2, -0.15) is 0 Å². The predicted molar refractivity (Wildman–Crippen MR) is 625 cm³/mol. The summed E-state index contributed by atoms with van der Waals surface area (Å²) in [6.07, 6.45) is 15.3. The lowest BCUT2D eigenvalue weighted by Gasteiger charge is -2.57. The van der Waals surface area contributed by atoms with Gasteiger partial charge in [0.2, 0.25) is 0 Å². The van der Waals surface area contributed by atoms with Crippen LogP contribution in [0.4, 0.5) is 51.2 Å². The van der Waals surface area contributed by atoms with Crippen molar-refractivity contribution in [3.05, 3.63) is 484 Å². The Balaban J connectivity index is 0.000000113. The Labute approximate surface area is 878 Å². The highest BCUT2D eigenvalue weighted by molar-refractivity contribution is 5.98. The average Bonchev–Trinajstić information content (AvgIpc) is 1.60. The first-order valence-corrected chi connectivity index (χ1v) is 55.1. The number of benzene rings is 18. The van der Waals surface area contributed by atoms with Gasteiger partial charge >= 0.3 is 0 Å². The molecule has 148 heavy (non-hydrogen) atoms. The summed E-state index contributed by atoms with van der Waals surface area (Å²) in [4.78, 5) is 7.52. The molecule has 0 N–H and O–H groups in total. The Hall–Kier alpha value is -14.6. The molecule has 0 spiro atoms. The van der Waals surface area contributed by atoms with E-state index in [-0.39, 0.29) is 32.5 Å². The smallest absolute Gasteiger partial charge is 0.0540 e. The van der Waals surface area contributed by atoms with Crippen LogP contribution in [0.1, 0.15) is 263 Å². The van der Waals surface area contributed by atoms with Crippen molar-refractivity contribution in [2.24, 2.45) is 17.8 Å². The van der Waals surface area contributed by atoms with E-state index >= 15 is 0 Å². The minimum atomic E-state index is -0.151. The highest BCUT2D eigenvalue weighted by Gasteiger charge is 2.53. The summed E-state index contributed by atoms with van der Waals surface area (Å²) >= 11 is 0. The predicted octanol–water partition coefficient (Wildman–Crippen LogP) is 39.9. The third kappa shape index (κ3) is 15.0. The van der Waals surface area contributed by atoms with E-state index in [2.05, 4.69) is 512 Å². The molecule has 3 heteroatoms. The van der Waals surface area contributed by atoms with Gasteiger partial charge in [0.05, 0.1) is 11.4 Å². The fourth-order valence-corrected chi connectivity index (χ4v) is 30.2. The standard InChI is InChI=1S/C52H49N.C48H45N.C45H41N/c1-50(2)44-16-8-5-13-40(44)42-25-24-38(29-46(42)50)53(48-19-11-15-43-41-14-6-9-17-45(41)51(3,4)49(43)48)47-18-10-7-12-39(47)36-20-22-37(23-21-36)52-30-33-26-34(31-52)28-35(27-33)32-52;1-47(2)43-20-12-10-18-39(43)41-28-26-35(30-45(41)47)49(36-27-29-42-40-19-11-13-21-44(40)48(3,4)46(42)31-36)34-24-22-33(23-25-34)38-17-9-8-16-37(38)32-14-6-5-7-15-32;1-29(2)34-13-7-8-14-35(34)30-19-21-31(22-20-30)46(32-24-26-42-39(27-32)37-16-10-12-18-41(37)44(42,3)4)33-23-25-38-36-15-9-11-17-40(36)45(5,6)43(38)28-33/h5-25,29,33-35H,26-28,30-32H2,1-4H3;8-13,16-32H,5-7,14-15H2,1-4H3;7-29H,1-6H3. The monoisotopic (exact) mass is 1920 g/mol. The van der Waals surface area contributed by atoms with Crippen molar-refractivity contribution in [2.75, 3.05) is 14.7 Å². The molecular weight excluding hydrogens is 1780 g/mol.